The fourth-order valence-corrected chi connectivity index (χ4v) is 3.95. The van der Waals surface area contributed by atoms with Gasteiger partial charge in [0.15, 0.2) is 5.60 Å². The van der Waals surface area contributed by atoms with Gasteiger partial charge in [-0.3, -0.25) is 4.79 Å². The molecule has 0 unspecified atom stereocenters. The molecule has 0 spiro atoms. The van der Waals surface area contributed by atoms with Gasteiger partial charge < -0.3 is 9.84 Å². The van der Waals surface area contributed by atoms with E-state index >= 15 is 0 Å². The van der Waals surface area contributed by atoms with Crippen LogP contribution >= 0.6 is 23.2 Å². The van der Waals surface area contributed by atoms with Gasteiger partial charge in [-0.15, -0.1) is 0 Å². The average Bonchev–Trinajstić information content (AvgIpc) is 2.89. The highest BCUT2D eigenvalue weighted by molar-refractivity contribution is 6.32. The van der Waals surface area contributed by atoms with Crippen molar-refractivity contribution in [1.29, 1.82) is 0 Å². The normalized spacial score (nSPS) is 11.4. The molecule has 1 amide bonds. The molecule has 0 aromatic heterocycles. The molecule has 0 aliphatic heterocycles. The van der Waals surface area contributed by atoms with Crippen LogP contribution in [0.15, 0.2) is 108 Å². The third-order valence-corrected chi connectivity index (χ3v) is 6.05. The van der Waals surface area contributed by atoms with Gasteiger partial charge in [-0.1, -0.05) is 102 Å². The maximum absolute atomic E-state index is 13.1. The van der Waals surface area contributed by atoms with Gasteiger partial charge in [0.25, 0.3) is 5.91 Å². The van der Waals surface area contributed by atoms with Crippen molar-refractivity contribution >= 4 is 35.3 Å². The number of hydrazone groups is 1. The molecule has 176 valence electrons. The maximum atomic E-state index is 13.1. The minimum absolute atomic E-state index is 0.278. The highest BCUT2D eigenvalue weighted by Gasteiger charge is 2.39. The molecule has 5 nitrogen and oxygen atoms in total. The molecule has 0 aliphatic rings. The Labute approximate surface area is 213 Å². The summed E-state index contributed by atoms with van der Waals surface area (Å²) in [5.41, 5.74) is 2.90. The Morgan fingerprint density at radius 2 is 1.46 bits per heavy atom. The molecule has 7 heteroatoms. The van der Waals surface area contributed by atoms with E-state index in [1.54, 1.807) is 72.8 Å². The number of halogens is 2. The number of carbonyl (C=O) groups excluding carboxylic acids is 1. The Morgan fingerprint density at radius 3 is 2.06 bits per heavy atom. The fraction of sp³-hybridized carbons (Fsp3) is 0.0714. The molecule has 0 saturated carbocycles. The molecule has 0 aliphatic carbocycles. The molecular formula is C28H22Cl2N2O3. The van der Waals surface area contributed by atoms with Gasteiger partial charge in [0.2, 0.25) is 0 Å². The number of aliphatic hydroxyl groups is 1. The van der Waals surface area contributed by atoms with Crippen molar-refractivity contribution in [3.63, 3.8) is 0 Å². The number of rotatable bonds is 8. The van der Waals surface area contributed by atoms with E-state index in [1.807, 2.05) is 30.3 Å². The zero-order valence-corrected chi connectivity index (χ0v) is 20.1. The van der Waals surface area contributed by atoms with Crippen LogP contribution in [0.25, 0.3) is 0 Å². The first-order valence-electron chi connectivity index (χ1n) is 10.8. The van der Waals surface area contributed by atoms with Crippen molar-refractivity contribution in [3.8, 4) is 5.75 Å². The molecule has 2 N–H and O–H groups in total. The molecular weight excluding hydrogens is 483 g/mol. The summed E-state index contributed by atoms with van der Waals surface area (Å²) in [7, 11) is 0. The summed E-state index contributed by atoms with van der Waals surface area (Å²) in [5.74, 6) is -0.188. The number of benzene rings is 4. The lowest BCUT2D eigenvalue weighted by Crippen LogP contribution is -2.43. The minimum Gasteiger partial charge on any atom is -0.487 e. The first-order chi connectivity index (χ1) is 17.0. The van der Waals surface area contributed by atoms with E-state index in [2.05, 4.69) is 10.5 Å². The van der Waals surface area contributed by atoms with Gasteiger partial charge >= 0.3 is 0 Å². The van der Waals surface area contributed by atoms with E-state index in [0.29, 0.717) is 32.5 Å². The monoisotopic (exact) mass is 504 g/mol. The Balaban J connectivity index is 1.46. The topological polar surface area (TPSA) is 70.9 Å². The zero-order valence-electron chi connectivity index (χ0n) is 18.6. The summed E-state index contributed by atoms with van der Waals surface area (Å²) >= 11 is 12.5. The summed E-state index contributed by atoms with van der Waals surface area (Å²) < 4.78 is 5.78. The summed E-state index contributed by atoms with van der Waals surface area (Å²) in [6, 6.07) is 30.0. The lowest BCUT2D eigenvalue weighted by Gasteiger charge is -2.27. The van der Waals surface area contributed by atoms with E-state index < -0.39 is 11.5 Å². The number of carbonyl (C=O) groups is 1. The highest BCUT2D eigenvalue weighted by atomic mass is 35.5. The van der Waals surface area contributed by atoms with Crippen molar-refractivity contribution in [2.24, 2.45) is 5.10 Å². The van der Waals surface area contributed by atoms with Crippen LogP contribution in [0.4, 0.5) is 0 Å². The number of nitrogens with one attached hydrogen (secondary N) is 1. The molecule has 0 atom stereocenters. The van der Waals surface area contributed by atoms with Crippen molar-refractivity contribution < 1.29 is 14.6 Å². The first kappa shape index (κ1) is 24.5. The Kier molecular flexibility index (Phi) is 7.83. The van der Waals surface area contributed by atoms with Crippen molar-refractivity contribution in [3.05, 3.63) is 135 Å². The summed E-state index contributed by atoms with van der Waals surface area (Å²) in [4.78, 5) is 13.1. The molecule has 0 saturated heterocycles. The fourth-order valence-electron chi connectivity index (χ4n) is 3.52. The number of ether oxygens (including phenoxy) is 1. The predicted molar refractivity (Wildman–Crippen MR) is 139 cm³/mol. The second kappa shape index (κ2) is 11.2. The molecule has 0 radical (unpaired) electrons. The van der Waals surface area contributed by atoms with E-state index in [0.717, 1.165) is 5.56 Å². The largest absolute Gasteiger partial charge is 0.487 e. The zero-order chi connectivity index (χ0) is 24.7. The lowest BCUT2D eigenvalue weighted by atomic mass is 9.85. The number of hydrogen-bond acceptors (Lipinski definition) is 4. The molecule has 4 aromatic rings. The van der Waals surface area contributed by atoms with Crippen LogP contribution in [0.3, 0.4) is 0 Å². The lowest BCUT2D eigenvalue weighted by molar-refractivity contribution is -0.136. The van der Waals surface area contributed by atoms with Crippen molar-refractivity contribution in [2.45, 2.75) is 12.2 Å². The number of hydrogen-bond donors (Lipinski definition) is 2. The van der Waals surface area contributed by atoms with Crippen LogP contribution in [-0.2, 0) is 17.0 Å². The molecule has 4 aromatic carbocycles. The first-order valence-corrected chi connectivity index (χ1v) is 11.6. The molecule has 4 rings (SSSR count). The summed E-state index contributed by atoms with van der Waals surface area (Å²) in [6.07, 6.45) is 1.44. The third-order valence-electron chi connectivity index (χ3n) is 5.39. The quantitative estimate of drug-likeness (QED) is 0.229. The van der Waals surface area contributed by atoms with Gasteiger partial charge in [0.05, 0.1) is 11.2 Å². The third kappa shape index (κ3) is 5.72. The van der Waals surface area contributed by atoms with Gasteiger partial charge in [-0.2, -0.15) is 5.10 Å². The Hall–Kier alpha value is -3.64. The maximum Gasteiger partial charge on any atom is 0.281 e. The van der Waals surface area contributed by atoms with E-state index in [4.69, 9.17) is 27.9 Å². The van der Waals surface area contributed by atoms with E-state index in [9.17, 15) is 9.90 Å². The Bertz CT molecular complexity index is 1290. The highest BCUT2D eigenvalue weighted by Crippen LogP contribution is 2.30. The second-order valence-corrected chi connectivity index (χ2v) is 8.53. The van der Waals surface area contributed by atoms with Gasteiger partial charge in [0, 0.05) is 10.6 Å². The predicted octanol–water partition coefficient (Wildman–Crippen LogP) is 5.96. The molecule has 35 heavy (non-hydrogen) atoms. The smallest absolute Gasteiger partial charge is 0.281 e. The molecule has 0 fully saturated rings. The Morgan fingerprint density at radius 1 is 0.857 bits per heavy atom. The molecule has 0 bridgehead atoms. The van der Waals surface area contributed by atoms with Gasteiger partial charge in [-0.05, 0) is 41.0 Å². The average molecular weight is 505 g/mol. The number of amides is 1. The van der Waals surface area contributed by atoms with Crippen molar-refractivity contribution in [1.82, 2.24) is 5.43 Å². The minimum atomic E-state index is -1.91. The second-order valence-electron chi connectivity index (χ2n) is 7.71. The van der Waals surface area contributed by atoms with Crippen LogP contribution in [0.1, 0.15) is 22.3 Å². The van der Waals surface area contributed by atoms with Gasteiger partial charge in [-0.25, -0.2) is 5.43 Å². The van der Waals surface area contributed by atoms with Crippen LogP contribution in [0.2, 0.25) is 10.0 Å². The number of nitrogens with zero attached hydrogens (tertiary/aromatic N) is 1. The van der Waals surface area contributed by atoms with Crippen LogP contribution in [-0.4, -0.2) is 17.2 Å². The van der Waals surface area contributed by atoms with Crippen LogP contribution in [0, 0.1) is 0 Å². The van der Waals surface area contributed by atoms with Crippen molar-refractivity contribution in [2.75, 3.05) is 0 Å². The van der Waals surface area contributed by atoms with E-state index in [1.165, 1.54) is 6.21 Å². The summed E-state index contributed by atoms with van der Waals surface area (Å²) in [6.45, 7) is 0.278. The van der Waals surface area contributed by atoms with Crippen LogP contribution < -0.4 is 10.2 Å². The van der Waals surface area contributed by atoms with Crippen LogP contribution in [0.5, 0.6) is 5.75 Å². The van der Waals surface area contributed by atoms with E-state index in [-0.39, 0.29) is 6.61 Å². The van der Waals surface area contributed by atoms with Gasteiger partial charge in [0.1, 0.15) is 12.4 Å². The SMILES string of the molecule is O=C(N/N=C\c1ccc(OCc2ccccc2Cl)c(Cl)c1)C(O)(c1ccccc1)c1ccccc1. The standard InChI is InChI=1S/C28H22Cl2N2O3/c29-24-14-8-7-9-21(24)19-35-26-16-15-20(17-25(26)30)18-31-32-27(33)28(34,22-10-3-1-4-11-22)23-12-5-2-6-13-23/h1-18,34H,19H2,(H,32,33)/b31-18-. The molecule has 0 heterocycles. The summed E-state index contributed by atoms with van der Waals surface area (Å²) in [5, 5.41) is 16.5.